The Morgan fingerprint density at radius 1 is 1.37 bits per heavy atom. The van der Waals surface area contributed by atoms with Crippen molar-refractivity contribution in [3.63, 3.8) is 0 Å². The zero-order valence-corrected chi connectivity index (χ0v) is 11.6. The van der Waals surface area contributed by atoms with Crippen molar-refractivity contribution in [2.45, 2.75) is 32.7 Å². The third kappa shape index (κ3) is 2.62. The van der Waals surface area contributed by atoms with Crippen LogP contribution in [0.5, 0.6) is 0 Å². The molecule has 1 heterocycles. The summed E-state index contributed by atoms with van der Waals surface area (Å²) in [6.07, 6.45) is 5.94. The zero-order chi connectivity index (χ0) is 13.8. The third-order valence-corrected chi connectivity index (χ3v) is 3.82. The summed E-state index contributed by atoms with van der Waals surface area (Å²) in [5.41, 5.74) is 3.07. The van der Waals surface area contributed by atoms with E-state index in [4.69, 9.17) is 0 Å². The highest BCUT2D eigenvalue weighted by molar-refractivity contribution is 6.03. The molecule has 2 atom stereocenters. The van der Waals surface area contributed by atoms with Gasteiger partial charge in [0, 0.05) is 5.56 Å². The van der Waals surface area contributed by atoms with Gasteiger partial charge in [-0.3, -0.25) is 4.79 Å². The van der Waals surface area contributed by atoms with Gasteiger partial charge in [0.05, 0.1) is 6.04 Å². The van der Waals surface area contributed by atoms with Gasteiger partial charge in [-0.15, -0.1) is 6.58 Å². The lowest BCUT2D eigenvalue weighted by Gasteiger charge is -2.32. The Hall–Kier alpha value is -1.83. The molecule has 1 N–H and O–H groups in total. The van der Waals surface area contributed by atoms with Crippen LogP contribution in [0.4, 0.5) is 0 Å². The number of nitrogens with one attached hydrogen (secondary N) is 1. The highest BCUT2D eigenvalue weighted by atomic mass is 16.1. The molecular weight excluding hydrogens is 234 g/mol. The Morgan fingerprint density at radius 2 is 2.05 bits per heavy atom. The van der Waals surface area contributed by atoms with Gasteiger partial charge in [0.25, 0.3) is 5.91 Å². The van der Waals surface area contributed by atoms with Gasteiger partial charge in [-0.05, 0) is 29.5 Å². The molecule has 2 nitrogen and oxygen atoms in total. The number of amides is 1. The van der Waals surface area contributed by atoms with E-state index < -0.39 is 0 Å². The van der Waals surface area contributed by atoms with Crippen molar-refractivity contribution >= 4 is 11.5 Å². The minimum Gasteiger partial charge on any atom is -0.345 e. The number of hydrogen-bond acceptors (Lipinski definition) is 1. The van der Waals surface area contributed by atoms with E-state index in [1.165, 1.54) is 5.57 Å². The first-order valence-electron chi connectivity index (χ1n) is 6.90. The lowest BCUT2D eigenvalue weighted by Crippen LogP contribution is -2.44. The second-order valence-electron chi connectivity index (χ2n) is 5.07. The van der Waals surface area contributed by atoms with Gasteiger partial charge in [0.15, 0.2) is 0 Å². The maximum Gasteiger partial charge on any atom is 0.252 e. The Morgan fingerprint density at radius 3 is 2.68 bits per heavy atom. The molecule has 19 heavy (non-hydrogen) atoms. The van der Waals surface area contributed by atoms with E-state index >= 15 is 0 Å². The SMILES string of the molecule is C=CC/C=C1/c2ccccc2C(=O)N[C@H]1[C@@H](C)CC. The first-order chi connectivity index (χ1) is 9.19. The Bertz CT molecular complexity index is 516. The van der Waals surface area contributed by atoms with Crippen LogP contribution in [0.1, 0.15) is 42.6 Å². The summed E-state index contributed by atoms with van der Waals surface area (Å²) in [4.78, 5) is 12.2. The molecule has 0 saturated heterocycles. The van der Waals surface area contributed by atoms with Gasteiger partial charge in [-0.2, -0.15) is 0 Å². The maximum absolute atomic E-state index is 12.2. The van der Waals surface area contributed by atoms with Gasteiger partial charge in [0.2, 0.25) is 0 Å². The average Bonchev–Trinajstić information content (AvgIpc) is 2.45. The molecule has 0 fully saturated rings. The number of allylic oxidation sites excluding steroid dienone is 2. The highest BCUT2D eigenvalue weighted by Crippen LogP contribution is 2.32. The normalized spacial score (nSPS) is 21.7. The van der Waals surface area contributed by atoms with Gasteiger partial charge >= 0.3 is 0 Å². The number of hydrogen-bond donors (Lipinski definition) is 1. The van der Waals surface area contributed by atoms with Crippen LogP contribution in [0.25, 0.3) is 5.57 Å². The number of carbonyl (C=O) groups excluding carboxylic acids is 1. The van der Waals surface area contributed by atoms with E-state index in [1.807, 2.05) is 30.3 Å². The molecule has 0 radical (unpaired) electrons. The number of benzene rings is 1. The third-order valence-electron chi connectivity index (χ3n) is 3.82. The summed E-state index contributed by atoms with van der Waals surface area (Å²) in [6.45, 7) is 8.11. The lowest BCUT2D eigenvalue weighted by molar-refractivity contribution is 0.0930. The highest BCUT2D eigenvalue weighted by Gasteiger charge is 2.30. The molecule has 0 aliphatic carbocycles. The summed E-state index contributed by atoms with van der Waals surface area (Å²) in [5, 5.41) is 3.14. The fourth-order valence-corrected chi connectivity index (χ4v) is 2.53. The Labute approximate surface area is 115 Å². The molecular formula is C17H21NO. The van der Waals surface area contributed by atoms with Crippen molar-refractivity contribution in [3.8, 4) is 0 Å². The van der Waals surface area contributed by atoms with Gasteiger partial charge in [0.1, 0.15) is 0 Å². The second kappa shape index (κ2) is 5.87. The minimum atomic E-state index is 0.0386. The molecule has 0 aromatic heterocycles. The first kappa shape index (κ1) is 13.6. The van der Waals surface area contributed by atoms with Crippen LogP contribution in [0.15, 0.2) is 43.0 Å². The molecule has 1 aromatic rings. The van der Waals surface area contributed by atoms with Gasteiger partial charge < -0.3 is 5.32 Å². The zero-order valence-electron chi connectivity index (χ0n) is 11.6. The fraction of sp³-hybridized carbons (Fsp3) is 0.353. The van der Waals surface area contributed by atoms with Crippen molar-refractivity contribution < 1.29 is 4.79 Å². The van der Waals surface area contributed by atoms with E-state index in [2.05, 4.69) is 31.8 Å². The summed E-state index contributed by atoms with van der Waals surface area (Å²) in [7, 11) is 0. The smallest absolute Gasteiger partial charge is 0.252 e. The predicted octanol–water partition coefficient (Wildman–Crippen LogP) is 3.80. The van der Waals surface area contributed by atoms with Crippen molar-refractivity contribution in [1.82, 2.24) is 5.32 Å². The molecule has 2 rings (SSSR count). The maximum atomic E-state index is 12.2. The molecule has 1 aromatic carbocycles. The first-order valence-corrected chi connectivity index (χ1v) is 6.90. The predicted molar refractivity (Wildman–Crippen MR) is 79.9 cm³/mol. The van der Waals surface area contributed by atoms with Crippen LogP contribution in [-0.2, 0) is 0 Å². The fourth-order valence-electron chi connectivity index (χ4n) is 2.53. The number of fused-ring (bicyclic) bond motifs is 1. The van der Waals surface area contributed by atoms with Crippen molar-refractivity contribution in [2.24, 2.45) is 5.92 Å². The lowest BCUT2D eigenvalue weighted by atomic mass is 9.82. The molecule has 0 bridgehead atoms. The van der Waals surface area contributed by atoms with E-state index in [-0.39, 0.29) is 11.9 Å². The molecule has 1 amide bonds. The van der Waals surface area contributed by atoms with E-state index in [0.717, 1.165) is 24.0 Å². The quantitative estimate of drug-likeness (QED) is 0.814. The van der Waals surface area contributed by atoms with Crippen LogP contribution in [0.2, 0.25) is 0 Å². The molecule has 0 spiro atoms. The Kier molecular flexibility index (Phi) is 4.20. The topological polar surface area (TPSA) is 29.1 Å². The minimum absolute atomic E-state index is 0.0386. The van der Waals surface area contributed by atoms with Crippen LogP contribution >= 0.6 is 0 Å². The van der Waals surface area contributed by atoms with Crippen LogP contribution in [-0.4, -0.2) is 11.9 Å². The molecule has 0 saturated carbocycles. The van der Waals surface area contributed by atoms with Gasteiger partial charge in [-0.1, -0.05) is 50.6 Å². The Balaban J connectivity index is 2.50. The molecule has 2 heteroatoms. The van der Waals surface area contributed by atoms with Crippen LogP contribution in [0, 0.1) is 5.92 Å². The van der Waals surface area contributed by atoms with E-state index in [1.54, 1.807) is 0 Å². The summed E-state index contributed by atoms with van der Waals surface area (Å²) < 4.78 is 0. The molecule has 1 aliphatic rings. The van der Waals surface area contributed by atoms with Crippen LogP contribution < -0.4 is 5.32 Å². The second-order valence-corrected chi connectivity index (χ2v) is 5.07. The molecule has 100 valence electrons. The standard InChI is InChI=1S/C17H21NO/c1-4-6-9-14-13-10-7-8-11-15(13)17(19)18-16(14)12(3)5-2/h4,7-12,16H,1,5-6H2,2-3H3,(H,18,19)/b14-9-/t12-,16-/m0/s1. The largest absolute Gasteiger partial charge is 0.345 e. The summed E-state index contributed by atoms with van der Waals surface area (Å²) >= 11 is 0. The average molecular weight is 255 g/mol. The number of carbonyl (C=O) groups is 1. The molecule has 1 aliphatic heterocycles. The van der Waals surface area contributed by atoms with Crippen molar-refractivity contribution in [3.05, 3.63) is 54.1 Å². The summed E-state index contributed by atoms with van der Waals surface area (Å²) in [5.74, 6) is 0.463. The van der Waals surface area contributed by atoms with E-state index in [0.29, 0.717) is 5.92 Å². The van der Waals surface area contributed by atoms with Crippen LogP contribution in [0.3, 0.4) is 0 Å². The number of rotatable bonds is 4. The van der Waals surface area contributed by atoms with Gasteiger partial charge in [-0.25, -0.2) is 0 Å². The monoisotopic (exact) mass is 255 g/mol. The van der Waals surface area contributed by atoms with Crippen molar-refractivity contribution in [1.29, 1.82) is 0 Å². The molecule has 0 unspecified atom stereocenters. The summed E-state index contributed by atoms with van der Waals surface area (Å²) in [6, 6.07) is 7.93. The van der Waals surface area contributed by atoms with Crippen molar-refractivity contribution in [2.75, 3.05) is 0 Å². The van der Waals surface area contributed by atoms with E-state index in [9.17, 15) is 4.79 Å².